The molecule has 2 heterocycles. The zero-order chi connectivity index (χ0) is 21.6. The minimum atomic E-state index is -0.175. The van der Waals surface area contributed by atoms with E-state index in [-0.39, 0.29) is 17.9 Å². The van der Waals surface area contributed by atoms with Crippen LogP contribution in [0.5, 0.6) is 0 Å². The van der Waals surface area contributed by atoms with Crippen LogP contribution in [0.4, 0.5) is 0 Å². The Morgan fingerprint density at radius 3 is 2.65 bits per heavy atom. The highest BCUT2D eigenvalue weighted by Gasteiger charge is 2.12. The highest BCUT2D eigenvalue weighted by molar-refractivity contribution is 5.88. The van der Waals surface area contributed by atoms with E-state index in [0.29, 0.717) is 36.2 Å². The van der Waals surface area contributed by atoms with Gasteiger partial charge in [-0.25, -0.2) is 4.68 Å². The highest BCUT2D eigenvalue weighted by Crippen LogP contribution is 2.14. The zero-order valence-corrected chi connectivity index (χ0v) is 17.2. The average Bonchev–Trinajstić information content (AvgIpc) is 3.30. The zero-order valence-electron chi connectivity index (χ0n) is 17.2. The van der Waals surface area contributed by atoms with Gasteiger partial charge >= 0.3 is 0 Å². The fourth-order valence-corrected chi connectivity index (χ4v) is 3.42. The quantitative estimate of drug-likeness (QED) is 0.476. The number of carbonyl (C=O) groups is 1. The third-order valence-electron chi connectivity index (χ3n) is 4.94. The average molecular weight is 417 g/mol. The van der Waals surface area contributed by atoms with Crippen LogP contribution in [0.15, 0.2) is 76.1 Å². The molecule has 0 bridgehead atoms. The molecule has 2 aromatic carbocycles. The molecule has 4 rings (SSSR count). The fraction of sp³-hybridized carbons (Fsp3) is 0.208. The molecule has 7 heteroatoms. The molecule has 2 aromatic heterocycles. The van der Waals surface area contributed by atoms with E-state index in [1.165, 1.54) is 4.68 Å². The van der Waals surface area contributed by atoms with Crippen molar-refractivity contribution in [2.75, 3.05) is 0 Å². The summed E-state index contributed by atoms with van der Waals surface area (Å²) in [5.74, 6) is 0.624. The number of nitrogens with one attached hydrogen (secondary N) is 1. The lowest BCUT2D eigenvalue weighted by atomic mass is 10.1. The van der Waals surface area contributed by atoms with Crippen LogP contribution in [-0.2, 0) is 42.8 Å². The molecule has 0 radical (unpaired) electrons. The van der Waals surface area contributed by atoms with Crippen molar-refractivity contribution < 1.29 is 13.9 Å². The highest BCUT2D eigenvalue weighted by atomic mass is 16.5. The van der Waals surface area contributed by atoms with Crippen LogP contribution in [0.1, 0.15) is 22.6 Å². The Labute approximate surface area is 179 Å². The summed E-state index contributed by atoms with van der Waals surface area (Å²) >= 11 is 0. The number of benzene rings is 2. The molecule has 0 saturated carbocycles. The van der Waals surface area contributed by atoms with Gasteiger partial charge in [0.05, 0.1) is 30.4 Å². The largest absolute Gasteiger partial charge is 0.467 e. The van der Waals surface area contributed by atoms with Crippen LogP contribution in [0.3, 0.4) is 0 Å². The smallest absolute Gasteiger partial charge is 0.274 e. The molecular weight excluding hydrogens is 394 g/mol. The standard InChI is InChI=1S/C24H23N3O4/c1-27-24(29)21-10-3-2-9-20(21)22(26-27)13-23(28)25-14-17-6-4-7-18(12-17)15-30-16-19-8-5-11-31-19/h2-12H,13-16H2,1H3,(H,25,28). The minimum Gasteiger partial charge on any atom is -0.467 e. The number of ether oxygens (including phenoxy) is 1. The maximum absolute atomic E-state index is 12.5. The molecular formula is C24H23N3O4. The first-order valence-corrected chi connectivity index (χ1v) is 10.00. The molecule has 1 N–H and O–H groups in total. The van der Waals surface area contributed by atoms with E-state index >= 15 is 0 Å². The van der Waals surface area contributed by atoms with Gasteiger partial charge in [0.1, 0.15) is 12.4 Å². The Kier molecular flexibility index (Phi) is 6.24. The first-order valence-electron chi connectivity index (χ1n) is 10.00. The topological polar surface area (TPSA) is 86.4 Å². The molecule has 0 saturated heterocycles. The van der Waals surface area contributed by atoms with E-state index in [1.54, 1.807) is 25.4 Å². The first-order chi connectivity index (χ1) is 15.1. The molecule has 4 aromatic rings. The van der Waals surface area contributed by atoms with Crippen LogP contribution in [0.2, 0.25) is 0 Å². The normalized spacial score (nSPS) is 11.0. The van der Waals surface area contributed by atoms with Gasteiger partial charge in [-0.15, -0.1) is 0 Å². The minimum absolute atomic E-state index is 0.0978. The molecule has 0 fully saturated rings. The van der Waals surface area contributed by atoms with Gasteiger partial charge in [-0.2, -0.15) is 5.10 Å². The molecule has 7 nitrogen and oxygen atoms in total. The molecule has 0 aliphatic rings. The molecule has 158 valence electrons. The van der Waals surface area contributed by atoms with E-state index < -0.39 is 0 Å². The van der Waals surface area contributed by atoms with Crippen molar-refractivity contribution in [1.82, 2.24) is 15.1 Å². The number of hydrogen-bond acceptors (Lipinski definition) is 5. The lowest BCUT2D eigenvalue weighted by Crippen LogP contribution is -2.27. The second-order valence-electron chi connectivity index (χ2n) is 7.27. The van der Waals surface area contributed by atoms with Crippen molar-refractivity contribution >= 4 is 16.7 Å². The molecule has 0 unspecified atom stereocenters. The van der Waals surface area contributed by atoms with Gasteiger partial charge in [-0.05, 0) is 29.3 Å². The number of fused-ring (bicyclic) bond motifs is 1. The summed E-state index contributed by atoms with van der Waals surface area (Å²) in [5, 5.41) is 8.48. The van der Waals surface area contributed by atoms with E-state index in [0.717, 1.165) is 16.9 Å². The van der Waals surface area contributed by atoms with Crippen LogP contribution < -0.4 is 10.9 Å². The van der Waals surface area contributed by atoms with Crippen molar-refractivity contribution in [2.24, 2.45) is 7.05 Å². The summed E-state index contributed by atoms with van der Waals surface area (Å²) in [6, 6.07) is 18.8. The summed E-state index contributed by atoms with van der Waals surface area (Å²) in [7, 11) is 1.59. The summed E-state index contributed by atoms with van der Waals surface area (Å²) < 4.78 is 12.2. The number of nitrogens with zero attached hydrogens (tertiary/aromatic N) is 2. The van der Waals surface area contributed by atoms with Crippen molar-refractivity contribution in [3.8, 4) is 0 Å². The van der Waals surface area contributed by atoms with Crippen molar-refractivity contribution in [2.45, 2.75) is 26.2 Å². The Morgan fingerprint density at radius 2 is 1.84 bits per heavy atom. The number of carbonyl (C=O) groups excluding carboxylic acids is 1. The van der Waals surface area contributed by atoms with E-state index in [1.807, 2.05) is 48.5 Å². The second kappa shape index (κ2) is 9.40. The van der Waals surface area contributed by atoms with E-state index in [2.05, 4.69) is 10.4 Å². The van der Waals surface area contributed by atoms with Crippen molar-refractivity contribution in [1.29, 1.82) is 0 Å². The second-order valence-corrected chi connectivity index (χ2v) is 7.27. The number of furan rings is 1. The third kappa shape index (κ3) is 5.07. The summed E-state index contributed by atoms with van der Waals surface area (Å²) in [6.07, 6.45) is 1.72. The predicted molar refractivity (Wildman–Crippen MR) is 116 cm³/mol. The number of rotatable bonds is 8. The molecule has 0 atom stereocenters. The maximum atomic E-state index is 12.5. The number of hydrogen-bond donors (Lipinski definition) is 1. The molecule has 0 aliphatic carbocycles. The van der Waals surface area contributed by atoms with Crippen LogP contribution in [-0.4, -0.2) is 15.7 Å². The summed E-state index contributed by atoms with van der Waals surface area (Å²) in [4.78, 5) is 24.8. The lowest BCUT2D eigenvalue weighted by molar-refractivity contribution is -0.120. The SMILES string of the molecule is Cn1nc(CC(=O)NCc2cccc(COCc3ccco3)c2)c2ccccc2c1=O. The first kappa shape index (κ1) is 20.6. The van der Waals surface area contributed by atoms with Gasteiger partial charge < -0.3 is 14.5 Å². The molecule has 1 amide bonds. The summed E-state index contributed by atoms with van der Waals surface area (Å²) in [6.45, 7) is 1.26. The van der Waals surface area contributed by atoms with Gasteiger partial charge in [0.15, 0.2) is 0 Å². The Morgan fingerprint density at radius 1 is 1.03 bits per heavy atom. The van der Waals surface area contributed by atoms with Gasteiger partial charge in [0.2, 0.25) is 5.91 Å². The van der Waals surface area contributed by atoms with E-state index in [9.17, 15) is 9.59 Å². The van der Waals surface area contributed by atoms with Crippen molar-refractivity contribution in [3.05, 3.63) is 99.9 Å². The summed E-state index contributed by atoms with van der Waals surface area (Å²) in [5.41, 5.74) is 2.40. The Hall–Kier alpha value is -3.71. The van der Waals surface area contributed by atoms with E-state index in [4.69, 9.17) is 9.15 Å². The monoisotopic (exact) mass is 417 g/mol. The molecule has 0 aliphatic heterocycles. The maximum Gasteiger partial charge on any atom is 0.274 e. The van der Waals surface area contributed by atoms with Gasteiger partial charge in [-0.1, -0.05) is 42.5 Å². The van der Waals surface area contributed by atoms with Crippen molar-refractivity contribution in [3.63, 3.8) is 0 Å². The van der Waals surface area contributed by atoms with Gasteiger partial charge in [0.25, 0.3) is 5.56 Å². The Balaban J connectivity index is 1.35. The molecule has 0 spiro atoms. The number of aryl methyl sites for hydroxylation is 1. The van der Waals surface area contributed by atoms with Gasteiger partial charge in [0, 0.05) is 19.0 Å². The predicted octanol–water partition coefficient (Wildman–Crippen LogP) is 3.10. The van der Waals surface area contributed by atoms with Gasteiger partial charge in [-0.3, -0.25) is 9.59 Å². The van der Waals surface area contributed by atoms with Crippen LogP contribution >= 0.6 is 0 Å². The third-order valence-corrected chi connectivity index (χ3v) is 4.94. The lowest BCUT2D eigenvalue weighted by Gasteiger charge is -2.10. The fourth-order valence-electron chi connectivity index (χ4n) is 3.42. The number of amides is 1. The number of aromatic nitrogens is 2. The van der Waals surface area contributed by atoms with Crippen LogP contribution in [0, 0.1) is 0 Å². The molecule has 31 heavy (non-hydrogen) atoms. The van der Waals surface area contributed by atoms with Crippen LogP contribution in [0.25, 0.3) is 10.8 Å². The Bertz CT molecular complexity index is 1250.